The fraction of sp³-hybridized carbons (Fsp3) is 0.353. The van der Waals surface area contributed by atoms with Crippen molar-refractivity contribution >= 4 is 17.7 Å². The molecule has 130 valence electrons. The first-order valence-corrected chi connectivity index (χ1v) is 8.05. The molecule has 25 heavy (non-hydrogen) atoms. The zero-order chi connectivity index (χ0) is 17.6. The number of hydrogen-bond donors (Lipinski definition) is 1. The predicted molar refractivity (Wildman–Crippen MR) is 90.3 cm³/mol. The van der Waals surface area contributed by atoms with Gasteiger partial charge in [0.05, 0.1) is 12.7 Å². The first-order chi connectivity index (χ1) is 12.2. The van der Waals surface area contributed by atoms with Gasteiger partial charge in [0.15, 0.2) is 5.69 Å². The van der Waals surface area contributed by atoms with Gasteiger partial charge >= 0.3 is 5.97 Å². The first-order valence-electron chi connectivity index (χ1n) is 8.05. The van der Waals surface area contributed by atoms with Crippen molar-refractivity contribution in [3.8, 4) is 0 Å². The van der Waals surface area contributed by atoms with Gasteiger partial charge in [-0.2, -0.15) is 5.10 Å². The number of carbonyl (C=O) groups is 2. The Hall–Kier alpha value is -3.03. The third-order valence-corrected chi connectivity index (χ3v) is 4.13. The fourth-order valence-electron chi connectivity index (χ4n) is 2.77. The molecule has 0 unspecified atom stereocenters. The highest BCUT2D eigenvalue weighted by molar-refractivity contribution is 5.92. The van der Waals surface area contributed by atoms with Crippen LogP contribution in [0.4, 0.5) is 5.82 Å². The van der Waals surface area contributed by atoms with Gasteiger partial charge in [-0.05, 0) is 37.1 Å². The first kappa shape index (κ1) is 16.8. The van der Waals surface area contributed by atoms with Crippen molar-refractivity contribution in [2.75, 3.05) is 25.1 Å². The van der Waals surface area contributed by atoms with Gasteiger partial charge in [0.1, 0.15) is 5.82 Å². The summed E-state index contributed by atoms with van der Waals surface area (Å²) in [5.41, 5.74) is 0.794. The summed E-state index contributed by atoms with van der Waals surface area (Å²) in [6.45, 7) is 1.48. The highest BCUT2D eigenvalue weighted by atomic mass is 16.5. The van der Waals surface area contributed by atoms with E-state index in [1.54, 1.807) is 30.5 Å². The maximum Gasteiger partial charge on any atom is 0.338 e. The van der Waals surface area contributed by atoms with Crippen LogP contribution in [0.25, 0.3) is 0 Å². The van der Waals surface area contributed by atoms with E-state index < -0.39 is 0 Å². The molecule has 2 aromatic heterocycles. The largest absolute Gasteiger partial charge is 0.465 e. The van der Waals surface area contributed by atoms with Gasteiger partial charge in [0.2, 0.25) is 0 Å². The van der Waals surface area contributed by atoms with E-state index in [9.17, 15) is 9.59 Å². The maximum atomic E-state index is 12.1. The number of anilines is 1. The molecule has 0 radical (unpaired) electrons. The Bertz CT molecular complexity index is 745. The molecular formula is C17H19N5O3. The van der Waals surface area contributed by atoms with Gasteiger partial charge in [-0.1, -0.05) is 0 Å². The van der Waals surface area contributed by atoms with Crippen LogP contribution in [0.5, 0.6) is 0 Å². The lowest BCUT2D eigenvalue weighted by Gasteiger charge is -2.33. The van der Waals surface area contributed by atoms with E-state index >= 15 is 0 Å². The normalized spacial score (nSPS) is 14.8. The quantitative estimate of drug-likeness (QED) is 0.830. The molecule has 1 saturated heterocycles. The molecule has 0 saturated carbocycles. The predicted octanol–water partition coefficient (Wildman–Crippen LogP) is 1.06. The number of aromatic nitrogens is 3. The van der Waals surface area contributed by atoms with Gasteiger partial charge in [0.25, 0.3) is 5.91 Å². The summed E-state index contributed by atoms with van der Waals surface area (Å²) in [5, 5.41) is 10.5. The summed E-state index contributed by atoms with van der Waals surface area (Å²) in [4.78, 5) is 30.2. The number of piperidine rings is 1. The molecule has 1 N–H and O–H groups in total. The van der Waals surface area contributed by atoms with Crippen molar-refractivity contribution in [2.24, 2.45) is 0 Å². The second-order valence-corrected chi connectivity index (χ2v) is 5.74. The van der Waals surface area contributed by atoms with Crippen molar-refractivity contribution in [3.63, 3.8) is 0 Å². The lowest BCUT2D eigenvalue weighted by molar-refractivity contribution is 0.0600. The molecule has 1 amide bonds. The molecule has 8 nitrogen and oxygen atoms in total. The molecule has 3 rings (SSSR count). The van der Waals surface area contributed by atoms with Crippen molar-refractivity contribution in [3.05, 3.63) is 47.9 Å². The number of esters is 1. The average molecular weight is 341 g/mol. The highest BCUT2D eigenvalue weighted by Gasteiger charge is 2.23. The summed E-state index contributed by atoms with van der Waals surface area (Å²) in [6.07, 6.45) is 4.71. The molecule has 3 heterocycles. The van der Waals surface area contributed by atoms with Crippen molar-refractivity contribution in [2.45, 2.75) is 18.9 Å². The maximum absolute atomic E-state index is 12.1. The number of hydrogen-bond acceptors (Lipinski definition) is 7. The Labute approximate surface area is 145 Å². The second-order valence-electron chi connectivity index (χ2n) is 5.74. The minimum Gasteiger partial charge on any atom is -0.465 e. The SMILES string of the molecule is COC(=O)c1ccnc(N2CCC(NC(=O)c3cccnn3)CC2)c1. The number of nitrogens with zero attached hydrogens (tertiary/aromatic N) is 4. The molecule has 0 aliphatic carbocycles. The van der Waals surface area contributed by atoms with E-state index in [0.29, 0.717) is 11.3 Å². The van der Waals surface area contributed by atoms with E-state index in [0.717, 1.165) is 31.7 Å². The molecule has 0 bridgehead atoms. The van der Waals surface area contributed by atoms with Crippen LogP contribution in [0.15, 0.2) is 36.7 Å². The van der Waals surface area contributed by atoms with Crippen molar-refractivity contribution in [1.29, 1.82) is 0 Å². The number of pyridine rings is 1. The Morgan fingerprint density at radius 1 is 1.24 bits per heavy atom. The minimum absolute atomic E-state index is 0.0783. The summed E-state index contributed by atoms with van der Waals surface area (Å²) >= 11 is 0. The minimum atomic E-state index is -0.380. The zero-order valence-electron chi connectivity index (χ0n) is 13.9. The summed E-state index contributed by atoms with van der Waals surface area (Å²) < 4.78 is 4.74. The van der Waals surface area contributed by atoms with Crippen LogP contribution in [0.2, 0.25) is 0 Å². The van der Waals surface area contributed by atoms with E-state index in [-0.39, 0.29) is 17.9 Å². The van der Waals surface area contributed by atoms with Crippen molar-refractivity contribution < 1.29 is 14.3 Å². The third-order valence-electron chi connectivity index (χ3n) is 4.13. The highest BCUT2D eigenvalue weighted by Crippen LogP contribution is 2.19. The molecule has 0 aromatic carbocycles. The van der Waals surface area contributed by atoms with E-state index in [4.69, 9.17) is 4.74 Å². The molecule has 0 spiro atoms. The average Bonchev–Trinajstić information content (AvgIpc) is 2.68. The van der Waals surface area contributed by atoms with Crippen LogP contribution in [0.3, 0.4) is 0 Å². The Morgan fingerprint density at radius 2 is 2.04 bits per heavy atom. The number of rotatable bonds is 4. The Kier molecular flexibility index (Phi) is 5.17. The van der Waals surface area contributed by atoms with Gasteiger partial charge in [-0.15, -0.1) is 5.10 Å². The van der Waals surface area contributed by atoms with Crippen LogP contribution in [-0.2, 0) is 4.74 Å². The summed E-state index contributed by atoms with van der Waals surface area (Å²) in [6, 6.07) is 6.76. The number of methoxy groups -OCH3 is 1. The van der Waals surface area contributed by atoms with E-state index in [2.05, 4.69) is 25.4 Å². The summed E-state index contributed by atoms with van der Waals surface area (Å²) in [5.74, 6) is 0.147. The monoisotopic (exact) mass is 341 g/mol. The summed E-state index contributed by atoms with van der Waals surface area (Å²) in [7, 11) is 1.35. The number of nitrogens with one attached hydrogen (secondary N) is 1. The number of carbonyl (C=O) groups excluding carboxylic acids is 2. The smallest absolute Gasteiger partial charge is 0.338 e. The van der Waals surface area contributed by atoms with E-state index in [1.807, 2.05) is 0 Å². The lowest BCUT2D eigenvalue weighted by Crippen LogP contribution is -2.45. The van der Waals surface area contributed by atoms with Gasteiger partial charge in [-0.25, -0.2) is 9.78 Å². The standard InChI is InChI=1S/C17H19N5O3/c1-25-17(24)12-4-8-18-15(11-12)22-9-5-13(6-10-22)20-16(23)14-3-2-7-19-21-14/h2-4,7-8,11,13H,5-6,9-10H2,1H3,(H,20,23). The van der Waals surface area contributed by atoms with Crippen LogP contribution in [-0.4, -0.2) is 53.3 Å². The van der Waals surface area contributed by atoms with Crippen LogP contribution in [0, 0.1) is 0 Å². The molecule has 0 atom stereocenters. The Morgan fingerprint density at radius 3 is 2.72 bits per heavy atom. The fourth-order valence-corrected chi connectivity index (χ4v) is 2.77. The molecule has 8 heteroatoms. The second kappa shape index (κ2) is 7.69. The van der Waals surface area contributed by atoms with Crippen LogP contribution in [0.1, 0.15) is 33.7 Å². The van der Waals surface area contributed by atoms with Gasteiger partial charge in [0, 0.05) is 31.5 Å². The van der Waals surface area contributed by atoms with Crippen LogP contribution < -0.4 is 10.2 Å². The van der Waals surface area contributed by atoms with E-state index in [1.165, 1.54) is 13.3 Å². The van der Waals surface area contributed by atoms with Crippen molar-refractivity contribution in [1.82, 2.24) is 20.5 Å². The molecule has 1 aliphatic rings. The lowest BCUT2D eigenvalue weighted by atomic mass is 10.0. The zero-order valence-corrected chi connectivity index (χ0v) is 13.9. The van der Waals surface area contributed by atoms with Gasteiger partial charge < -0.3 is 15.0 Å². The molecule has 1 aliphatic heterocycles. The van der Waals surface area contributed by atoms with Gasteiger partial charge in [-0.3, -0.25) is 4.79 Å². The number of amides is 1. The number of ether oxygens (including phenoxy) is 1. The Balaban J connectivity index is 1.57. The molecular weight excluding hydrogens is 322 g/mol. The molecule has 1 fully saturated rings. The van der Waals surface area contributed by atoms with Crippen LogP contribution >= 0.6 is 0 Å². The topological polar surface area (TPSA) is 97.3 Å². The third kappa shape index (κ3) is 4.09. The molecule has 2 aromatic rings.